The number of hydrogen-bond donors (Lipinski definition) is 2. The zero-order chi connectivity index (χ0) is 13.7. The summed E-state index contributed by atoms with van der Waals surface area (Å²) >= 11 is 0. The van der Waals surface area contributed by atoms with Gasteiger partial charge in [-0.2, -0.15) is 0 Å². The zero-order valence-electron chi connectivity index (χ0n) is 12.6. The van der Waals surface area contributed by atoms with E-state index >= 15 is 0 Å². The molecule has 1 unspecified atom stereocenters. The van der Waals surface area contributed by atoms with Crippen LogP contribution in [0.2, 0.25) is 0 Å². The third kappa shape index (κ3) is 5.47. The summed E-state index contributed by atoms with van der Waals surface area (Å²) < 4.78 is 0. The minimum atomic E-state index is -0.0646. The summed E-state index contributed by atoms with van der Waals surface area (Å²) in [6, 6.07) is 8.44. The topological polar surface area (TPSA) is 44.4 Å². The molecular formula is C15H25Cl2N3O. The number of hydrogen-bond acceptors (Lipinski definition) is 3. The molecule has 0 bridgehead atoms. The van der Waals surface area contributed by atoms with E-state index in [0.29, 0.717) is 6.54 Å². The van der Waals surface area contributed by atoms with Gasteiger partial charge in [-0.15, -0.1) is 24.8 Å². The first kappa shape index (κ1) is 20.2. The summed E-state index contributed by atoms with van der Waals surface area (Å²) in [6.45, 7) is 5.31. The van der Waals surface area contributed by atoms with Crippen LogP contribution in [0, 0.1) is 0 Å². The molecule has 2 rings (SSSR count). The lowest BCUT2D eigenvalue weighted by Gasteiger charge is -2.32. The molecule has 1 aromatic carbocycles. The fraction of sp³-hybridized carbons (Fsp3) is 0.533. The normalized spacial score (nSPS) is 15.1. The van der Waals surface area contributed by atoms with Crippen molar-refractivity contribution in [1.29, 1.82) is 0 Å². The van der Waals surface area contributed by atoms with Crippen molar-refractivity contribution in [1.82, 2.24) is 15.5 Å². The van der Waals surface area contributed by atoms with Gasteiger partial charge in [0.2, 0.25) is 5.91 Å². The SMILES string of the molecule is CNCCNC(=O)C(C)N1CCc2ccccc2C1.Cl.Cl. The number of rotatable bonds is 5. The van der Waals surface area contributed by atoms with E-state index < -0.39 is 0 Å². The lowest BCUT2D eigenvalue weighted by molar-refractivity contribution is -0.126. The van der Waals surface area contributed by atoms with Gasteiger partial charge in [0.15, 0.2) is 0 Å². The number of fused-ring (bicyclic) bond motifs is 1. The highest BCUT2D eigenvalue weighted by molar-refractivity contribution is 5.85. The van der Waals surface area contributed by atoms with Gasteiger partial charge < -0.3 is 10.6 Å². The minimum Gasteiger partial charge on any atom is -0.353 e. The van der Waals surface area contributed by atoms with Crippen molar-refractivity contribution in [3.63, 3.8) is 0 Å². The van der Waals surface area contributed by atoms with Gasteiger partial charge in [-0.05, 0) is 31.5 Å². The van der Waals surface area contributed by atoms with Crippen molar-refractivity contribution in [3.05, 3.63) is 35.4 Å². The van der Waals surface area contributed by atoms with Crippen LogP contribution in [0.4, 0.5) is 0 Å². The summed E-state index contributed by atoms with van der Waals surface area (Å²) in [5.74, 6) is 0.120. The van der Waals surface area contributed by atoms with Crippen LogP contribution in [0.25, 0.3) is 0 Å². The molecule has 2 N–H and O–H groups in total. The predicted octanol–water partition coefficient (Wildman–Crippen LogP) is 1.61. The van der Waals surface area contributed by atoms with E-state index in [1.165, 1.54) is 11.1 Å². The Bertz CT molecular complexity index is 443. The molecule has 0 fully saturated rings. The third-order valence-electron chi connectivity index (χ3n) is 3.76. The van der Waals surface area contributed by atoms with E-state index in [-0.39, 0.29) is 36.8 Å². The summed E-state index contributed by atoms with van der Waals surface area (Å²) in [5, 5.41) is 5.99. The number of carbonyl (C=O) groups is 1. The molecule has 0 aliphatic carbocycles. The average Bonchev–Trinajstić information content (AvgIpc) is 2.46. The molecule has 0 saturated carbocycles. The molecule has 1 aliphatic heterocycles. The minimum absolute atomic E-state index is 0. The molecule has 1 heterocycles. The summed E-state index contributed by atoms with van der Waals surface area (Å²) in [6.07, 6.45) is 1.03. The molecule has 1 amide bonds. The van der Waals surface area contributed by atoms with Crippen LogP contribution in [0.5, 0.6) is 0 Å². The Morgan fingerprint density at radius 3 is 2.57 bits per heavy atom. The molecule has 0 saturated heterocycles. The fourth-order valence-electron chi connectivity index (χ4n) is 2.47. The van der Waals surface area contributed by atoms with E-state index in [9.17, 15) is 4.79 Å². The second-order valence-corrected chi connectivity index (χ2v) is 5.06. The summed E-state index contributed by atoms with van der Waals surface area (Å²) in [5.41, 5.74) is 2.77. The number of halogens is 2. The van der Waals surface area contributed by atoms with Crippen molar-refractivity contribution in [2.75, 3.05) is 26.7 Å². The number of carbonyl (C=O) groups excluding carboxylic acids is 1. The average molecular weight is 334 g/mol. The third-order valence-corrected chi connectivity index (χ3v) is 3.76. The standard InChI is InChI=1S/C15H23N3O.2ClH/c1-12(15(19)17-9-8-16-2)18-10-7-13-5-3-4-6-14(13)11-18;;/h3-6,12,16H,7-11H2,1-2H3,(H,17,19);2*1H. The molecule has 6 heteroatoms. The molecule has 1 aliphatic rings. The van der Waals surface area contributed by atoms with Crippen molar-refractivity contribution in [2.24, 2.45) is 0 Å². The van der Waals surface area contributed by atoms with Gasteiger partial charge in [0.05, 0.1) is 6.04 Å². The highest BCUT2D eigenvalue weighted by atomic mass is 35.5. The predicted molar refractivity (Wildman–Crippen MR) is 91.5 cm³/mol. The number of amides is 1. The Morgan fingerprint density at radius 2 is 1.90 bits per heavy atom. The molecule has 0 radical (unpaired) electrons. The van der Waals surface area contributed by atoms with E-state index in [2.05, 4.69) is 39.8 Å². The number of likely N-dealkylation sites (N-methyl/N-ethyl adjacent to an activating group) is 1. The van der Waals surface area contributed by atoms with Gasteiger partial charge in [-0.3, -0.25) is 9.69 Å². The Hall–Kier alpha value is -0.810. The smallest absolute Gasteiger partial charge is 0.237 e. The molecule has 4 nitrogen and oxygen atoms in total. The van der Waals surface area contributed by atoms with Crippen LogP contribution in [0.1, 0.15) is 18.1 Å². The van der Waals surface area contributed by atoms with E-state index in [0.717, 1.165) is 26.1 Å². The largest absolute Gasteiger partial charge is 0.353 e. The highest BCUT2D eigenvalue weighted by Gasteiger charge is 2.24. The summed E-state index contributed by atoms with van der Waals surface area (Å²) in [4.78, 5) is 14.3. The number of nitrogens with zero attached hydrogens (tertiary/aromatic N) is 1. The van der Waals surface area contributed by atoms with Gasteiger partial charge >= 0.3 is 0 Å². The lowest BCUT2D eigenvalue weighted by Crippen LogP contribution is -2.48. The van der Waals surface area contributed by atoms with E-state index in [1.807, 2.05) is 14.0 Å². The molecule has 21 heavy (non-hydrogen) atoms. The Morgan fingerprint density at radius 1 is 1.24 bits per heavy atom. The molecule has 1 aromatic rings. The van der Waals surface area contributed by atoms with Gasteiger partial charge in [0.1, 0.15) is 0 Å². The van der Waals surface area contributed by atoms with Crippen LogP contribution in [0.15, 0.2) is 24.3 Å². The van der Waals surface area contributed by atoms with Crippen LogP contribution >= 0.6 is 24.8 Å². The second-order valence-electron chi connectivity index (χ2n) is 5.06. The molecule has 0 spiro atoms. The first-order chi connectivity index (χ1) is 9.22. The maximum absolute atomic E-state index is 12.0. The quantitative estimate of drug-likeness (QED) is 0.804. The Kier molecular flexibility index (Phi) is 9.62. The Labute approximate surface area is 139 Å². The molecule has 1 atom stereocenters. The number of benzene rings is 1. The van der Waals surface area contributed by atoms with E-state index in [4.69, 9.17) is 0 Å². The van der Waals surface area contributed by atoms with E-state index in [1.54, 1.807) is 0 Å². The molecule has 0 aromatic heterocycles. The van der Waals surface area contributed by atoms with Crippen molar-refractivity contribution < 1.29 is 4.79 Å². The lowest BCUT2D eigenvalue weighted by atomic mass is 9.99. The zero-order valence-corrected chi connectivity index (χ0v) is 14.2. The molecular weight excluding hydrogens is 309 g/mol. The van der Waals surface area contributed by atoms with Crippen molar-refractivity contribution >= 4 is 30.7 Å². The number of nitrogens with one attached hydrogen (secondary N) is 2. The fourth-order valence-corrected chi connectivity index (χ4v) is 2.47. The summed E-state index contributed by atoms with van der Waals surface area (Å²) in [7, 11) is 1.89. The first-order valence-corrected chi connectivity index (χ1v) is 6.95. The van der Waals surface area contributed by atoms with Crippen molar-refractivity contribution in [3.8, 4) is 0 Å². The maximum atomic E-state index is 12.0. The first-order valence-electron chi connectivity index (χ1n) is 6.95. The van der Waals surface area contributed by atoms with Gasteiger partial charge in [-0.1, -0.05) is 24.3 Å². The molecule has 120 valence electrons. The van der Waals surface area contributed by atoms with Crippen LogP contribution in [-0.4, -0.2) is 43.5 Å². The second kappa shape index (κ2) is 10.0. The van der Waals surface area contributed by atoms with Gasteiger partial charge in [0.25, 0.3) is 0 Å². The van der Waals surface area contributed by atoms with Gasteiger partial charge in [0, 0.05) is 26.2 Å². The Balaban J connectivity index is 0.00000200. The van der Waals surface area contributed by atoms with Gasteiger partial charge in [-0.25, -0.2) is 0 Å². The van der Waals surface area contributed by atoms with Crippen LogP contribution in [0.3, 0.4) is 0 Å². The van der Waals surface area contributed by atoms with Crippen LogP contribution in [-0.2, 0) is 17.8 Å². The van der Waals surface area contributed by atoms with Crippen molar-refractivity contribution in [2.45, 2.75) is 25.9 Å². The highest BCUT2D eigenvalue weighted by Crippen LogP contribution is 2.20. The maximum Gasteiger partial charge on any atom is 0.237 e. The monoisotopic (exact) mass is 333 g/mol. The van der Waals surface area contributed by atoms with Crippen LogP contribution < -0.4 is 10.6 Å².